The molecule has 6 atom stereocenters. The topological polar surface area (TPSA) is 157 Å². The fraction of sp³-hybridized carbons (Fsp3) is 0.250. The number of carbonyl (C=O) groups excluding carboxylic acids is 4. The highest BCUT2D eigenvalue weighted by atomic mass is 16.5. The molecule has 52 heavy (non-hydrogen) atoms. The van der Waals surface area contributed by atoms with Gasteiger partial charge in [0.1, 0.15) is 11.5 Å². The number of anilines is 2. The molecule has 0 radical (unpaired) electrons. The van der Waals surface area contributed by atoms with Crippen molar-refractivity contribution in [2.24, 2.45) is 23.7 Å². The largest absolute Gasteiger partial charge is 0.508 e. The number of amides is 4. The average Bonchev–Trinajstić information content (AvgIpc) is 3.54. The third kappa shape index (κ3) is 4.89. The molecule has 4 aromatic rings. The predicted octanol–water partition coefficient (Wildman–Crippen LogP) is 3.58. The fourth-order valence-corrected chi connectivity index (χ4v) is 9.06. The molecule has 8 rings (SSSR count). The maximum atomic E-state index is 15.3. The molecule has 0 unspecified atom stereocenters. The zero-order chi connectivity index (χ0) is 36.5. The number of phenolic OH excluding ortho intramolecular Hbond substituents is 1. The number of hydrazine groups is 1. The lowest BCUT2D eigenvalue weighted by molar-refractivity contribution is -0.138. The molecule has 0 spiro atoms. The number of aromatic hydroxyl groups is 1. The van der Waals surface area contributed by atoms with E-state index in [-0.39, 0.29) is 29.7 Å². The van der Waals surface area contributed by atoms with Crippen LogP contribution in [0.2, 0.25) is 0 Å². The Kier molecular flexibility index (Phi) is 8.04. The molecule has 1 saturated carbocycles. The summed E-state index contributed by atoms with van der Waals surface area (Å²) in [7, 11) is -0.300. The Hall–Kier alpha value is -5.72. The van der Waals surface area contributed by atoms with Crippen LogP contribution >= 0.6 is 0 Å². The third-order valence-electron chi connectivity index (χ3n) is 11.4. The maximum absolute atomic E-state index is 15.3. The van der Waals surface area contributed by atoms with E-state index in [0.717, 1.165) is 15.5 Å². The number of ether oxygens (including phenoxy) is 1. The van der Waals surface area contributed by atoms with E-state index in [9.17, 15) is 29.5 Å². The minimum atomic E-state index is -1.80. The number of carbonyl (C=O) groups is 4. The number of rotatable bonds is 7. The Morgan fingerprint density at radius 1 is 0.846 bits per heavy atom. The highest BCUT2D eigenvalue weighted by Gasteiger charge is 2.70. The van der Waals surface area contributed by atoms with Crippen LogP contribution in [0.25, 0.3) is 0 Å². The second kappa shape index (κ2) is 12.5. The summed E-state index contributed by atoms with van der Waals surface area (Å²) in [5.41, 5.74) is 5.03. The molecule has 4 N–H and O–H groups in total. The van der Waals surface area contributed by atoms with E-state index in [4.69, 9.17) is 4.74 Å². The van der Waals surface area contributed by atoms with Gasteiger partial charge in [0.05, 0.1) is 41.7 Å². The number of aryl methyl sites for hydroxylation is 1. The first-order valence-corrected chi connectivity index (χ1v) is 17.2. The van der Waals surface area contributed by atoms with Crippen molar-refractivity contribution in [1.82, 2.24) is 5.01 Å². The van der Waals surface area contributed by atoms with Crippen LogP contribution in [-0.2, 0) is 24.6 Å². The average molecular weight is 698 g/mol. The van der Waals surface area contributed by atoms with Crippen molar-refractivity contribution >= 4 is 47.6 Å². The van der Waals surface area contributed by atoms with Crippen LogP contribution in [0, 0.1) is 30.6 Å². The van der Waals surface area contributed by atoms with E-state index in [1.54, 1.807) is 36.4 Å². The van der Waals surface area contributed by atoms with Crippen molar-refractivity contribution in [3.05, 3.63) is 125 Å². The van der Waals surface area contributed by atoms with E-state index in [2.05, 4.69) is 5.43 Å². The van der Waals surface area contributed by atoms with Crippen molar-refractivity contribution < 1.29 is 39.1 Å². The first-order chi connectivity index (χ1) is 25.1. The molecule has 0 bridgehead atoms. The fourth-order valence-electron chi connectivity index (χ4n) is 9.06. The summed E-state index contributed by atoms with van der Waals surface area (Å²) in [6.07, 6.45) is 2.18. The van der Waals surface area contributed by atoms with Gasteiger partial charge in [0.25, 0.3) is 11.8 Å². The van der Waals surface area contributed by atoms with Gasteiger partial charge in [-0.25, -0.2) is 0 Å². The van der Waals surface area contributed by atoms with E-state index < -0.39 is 65.8 Å². The summed E-state index contributed by atoms with van der Waals surface area (Å²) < 4.78 is 5.59. The molecule has 0 aromatic heterocycles. The van der Waals surface area contributed by atoms with Gasteiger partial charge in [0, 0.05) is 11.5 Å². The smallest absolute Gasteiger partial charge is 0.488 e. The zero-order valence-electron chi connectivity index (χ0n) is 28.5. The molecule has 2 saturated heterocycles. The second-order valence-corrected chi connectivity index (χ2v) is 14.0. The summed E-state index contributed by atoms with van der Waals surface area (Å²) in [6.45, 7) is 1.94. The van der Waals surface area contributed by atoms with Crippen LogP contribution in [0.4, 0.5) is 11.4 Å². The number of nitrogens with one attached hydrogen (secondary N) is 1. The molecule has 4 aliphatic rings. The lowest BCUT2D eigenvalue weighted by atomic mass is 9.49. The van der Waals surface area contributed by atoms with Gasteiger partial charge < -0.3 is 19.9 Å². The van der Waals surface area contributed by atoms with Crippen molar-refractivity contribution in [2.45, 2.75) is 31.1 Å². The van der Waals surface area contributed by atoms with Gasteiger partial charge >= 0.3 is 7.12 Å². The Balaban J connectivity index is 1.32. The van der Waals surface area contributed by atoms with Gasteiger partial charge in [-0.1, -0.05) is 71.8 Å². The summed E-state index contributed by atoms with van der Waals surface area (Å²) in [5.74, 6) is -5.76. The highest BCUT2D eigenvalue weighted by Crippen LogP contribution is 2.65. The Bertz CT molecular complexity index is 2160. The van der Waals surface area contributed by atoms with Crippen molar-refractivity contribution in [3.8, 4) is 11.5 Å². The summed E-state index contributed by atoms with van der Waals surface area (Å²) in [6, 6.07) is 27.2. The highest BCUT2D eigenvalue weighted by molar-refractivity contribution is 6.58. The van der Waals surface area contributed by atoms with Crippen LogP contribution in [0.1, 0.15) is 35.4 Å². The van der Waals surface area contributed by atoms with Crippen LogP contribution in [0.3, 0.4) is 0 Å². The minimum absolute atomic E-state index is 0.0853. The van der Waals surface area contributed by atoms with Gasteiger partial charge in [-0.3, -0.25) is 29.5 Å². The van der Waals surface area contributed by atoms with Crippen LogP contribution < -0.4 is 20.5 Å². The Labute approximate surface area is 300 Å². The SMILES string of the molecule is COc1ccc(O)c([C@H]2C3=CC[C@@H]4C(=O)N(c5cccc(B(O)O)c5)C(=O)[C@@H]4[C@@H]3C[C@H]3C(=O)N(Nc4ccc(C)cc4)C(=O)[C@@]23c2ccccc2)c1. The number of phenols is 1. The summed E-state index contributed by atoms with van der Waals surface area (Å²) in [4.78, 5) is 59.8. The number of hydrogen-bond donors (Lipinski definition) is 4. The molecular formula is C40H36BN3O8. The number of hydrogen-bond acceptors (Lipinski definition) is 9. The second-order valence-electron chi connectivity index (χ2n) is 14.0. The molecule has 2 aliphatic heterocycles. The van der Waals surface area contributed by atoms with Crippen LogP contribution in [-0.4, -0.2) is 58.0 Å². The number of nitrogens with zero attached hydrogens (tertiary/aromatic N) is 2. The van der Waals surface area contributed by atoms with Gasteiger partial charge in [-0.2, -0.15) is 5.01 Å². The molecule has 262 valence electrons. The molecule has 4 aromatic carbocycles. The molecule has 3 fully saturated rings. The summed E-state index contributed by atoms with van der Waals surface area (Å²) in [5, 5.41) is 32.3. The first-order valence-electron chi connectivity index (χ1n) is 17.2. The lowest BCUT2D eigenvalue weighted by Crippen LogP contribution is -2.53. The van der Waals surface area contributed by atoms with Gasteiger partial charge in [0.15, 0.2) is 0 Å². The number of methoxy groups -OCH3 is 1. The van der Waals surface area contributed by atoms with Gasteiger partial charge in [-0.05, 0) is 79.2 Å². The molecule has 12 heteroatoms. The van der Waals surface area contributed by atoms with E-state index in [1.807, 2.05) is 55.5 Å². The number of allylic oxidation sites excluding steroid dienone is 2. The van der Waals surface area contributed by atoms with Gasteiger partial charge in [-0.15, -0.1) is 0 Å². The van der Waals surface area contributed by atoms with E-state index >= 15 is 4.79 Å². The standard InChI is InChI=1S/C40H36BN3O8/c1-22-11-13-25(14-12-22)42-44-37(47)32-21-30-28(16-17-29-34(30)38(48)43(36(29)46)26-10-6-9-24(19-26)41(50)51)35(31-20-27(52-2)15-18-33(31)45)40(32,39(44)49)23-7-4-3-5-8-23/h3-16,18-20,29-30,32,34-35,42,45,50-51H,17,21H2,1-2H3/t29-,30+,32-,34-,35+,40+/m0/s1. The monoisotopic (exact) mass is 697 g/mol. The first kappa shape index (κ1) is 33.4. The number of benzene rings is 4. The normalized spacial score (nSPS) is 26.5. The van der Waals surface area contributed by atoms with Crippen molar-refractivity contribution in [2.75, 3.05) is 17.4 Å². The number of fused-ring (bicyclic) bond motifs is 4. The van der Waals surface area contributed by atoms with Crippen LogP contribution in [0.15, 0.2) is 109 Å². The Morgan fingerprint density at radius 3 is 2.31 bits per heavy atom. The van der Waals surface area contributed by atoms with Crippen molar-refractivity contribution in [3.63, 3.8) is 0 Å². The Morgan fingerprint density at radius 2 is 1.60 bits per heavy atom. The van der Waals surface area contributed by atoms with Crippen molar-refractivity contribution in [1.29, 1.82) is 0 Å². The maximum Gasteiger partial charge on any atom is 0.488 e. The molecule has 11 nitrogen and oxygen atoms in total. The van der Waals surface area contributed by atoms with Crippen LogP contribution in [0.5, 0.6) is 11.5 Å². The third-order valence-corrected chi connectivity index (χ3v) is 11.4. The lowest BCUT2D eigenvalue weighted by Gasteiger charge is -2.50. The zero-order valence-corrected chi connectivity index (χ0v) is 28.5. The summed E-state index contributed by atoms with van der Waals surface area (Å²) >= 11 is 0. The van der Waals surface area contributed by atoms with E-state index in [0.29, 0.717) is 28.1 Å². The van der Waals surface area contributed by atoms with E-state index in [1.165, 1.54) is 25.3 Å². The quantitative estimate of drug-likeness (QED) is 0.129. The predicted molar refractivity (Wildman–Crippen MR) is 192 cm³/mol. The molecular weight excluding hydrogens is 661 g/mol. The molecule has 2 aliphatic carbocycles. The molecule has 2 heterocycles. The molecule has 4 amide bonds. The van der Waals surface area contributed by atoms with Gasteiger partial charge in [0.2, 0.25) is 11.8 Å². The number of imide groups is 2. The minimum Gasteiger partial charge on any atom is -0.508 e.